The molecule has 1 aromatic carbocycles. The average molecular weight is 263 g/mol. The van der Waals surface area contributed by atoms with E-state index in [2.05, 4.69) is 24.9 Å². The molecule has 3 aromatic heterocycles. The van der Waals surface area contributed by atoms with E-state index in [9.17, 15) is 0 Å². The van der Waals surface area contributed by atoms with E-state index in [1.54, 1.807) is 17.1 Å². The zero-order chi connectivity index (χ0) is 13.5. The first-order chi connectivity index (χ1) is 9.83. The number of benzene rings is 1. The summed E-state index contributed by atoms with van der Waals surface area (Å²) in [5.74, 6) is 0.846. The molecule has 4 rings (SSSR count). The molecule has 0 bridgehead atoms. The van der Waals surface area contributed by atoms with Crippen LogP contribution in [0.3, 0.4) is 0 Å². The molecule has 4 aromatic rings. The largest absolute Gasteiger partial charge is 0.382 e. The number of anilines is 1. The number of nitrogens with zero attached hydrogens (tertiary/aromatic N) is 6. The highest BCUT2D eigenvalue weighted by Crippen LogP contribution is 2.18. The van der Waals surface area contributed by atoms with E-state index >= 15 is 0 Å². The molecule has 0 atom stereocenters. The number of imidazole rings is 1. The minimum atomic E-state index is 0.342. The molecule has 0 unspecified atom stereocenters. The summed E-state index contributed by atoms with van der Waals surface area (Å²) < 4.78 is 1.69. The van der Waals surface area contributed by atoms with Crippen LogP contribution in [-0.2, 0) is 0 Å². The smallest absolute Gasteiger partial charge is 0.237 e. The van der Waals surface area contributed by atoms with Gasteiger partial charge in [0.15, 0.2) is 17.0 Å². The number of rotatable bonds is 1. The van der Waals surface area contributed by atoms with E-state index in [0.717, 1.165) is 10.9 Å². The Bertz CT molecular complexity index is 928. The molecular formula is C13H9N7. The van der Waals surface area contributed by atoms with Crippen molar-refractivity contribution in [1.82, 2.24) is 29.5 Å². The van der Waals surface area contributed by atoms with Crippen LogP contribution in [0.1, 0.15) is 0 Å². The Morgan fingerprint density at radius 3 is 2.85 bits per heavy atom. The molecule has 20 heavy (non-hydrogen) atoms. The summed E-state index contributed by atoms with van der Waals surface area (Å²) in [6.07, 6.45) is 4.77. The maximum Gasteiger partial charge on any atom is 0.237 e. The minimum absolute atomic E-state index is 0.342. The van der Waals surface area contributed by atoms with E-state index in [0.29, 0.717) is 22.9 Å². The first kappa shape index (κ1) is 10.8. The van der Waals surface area contributed by atoms with Crippen LogP contribution in [0, 0.1) is 0 Å². The summed E-state index contributed by atoms with van der Waals surface area (Å²) in [7, 11) is 0. The Morgan fingerprint density at radius 1 is 1.00 bits per heavy atom. The quantitative estimate of drug-likeness (QED) is 0.556. The molecule has 0 aliphatic carbocycles. The Labute approximate surface area is 113 Å². The molecule has 3 heterocycles. The van der Waals surface area contributed by atoms with Gasteiger partial charge < -0.3 is 5.73 Å². The lowest BCUT2D eigenvalue weighted by Gasteiger charge is -2.03. The standard InChI is InChI=1S/C13H9N7/c14-11-10-12(17-6-16-11)20(7-18-10)13-15-5-8-3-1-2-4-9(8)19-13/h1-7H,(H2,14,16,17). The fourth-order valence-corrected chi connectivity index (χ4v) is 2.08. The van der Waals surface area contributed by atoms with E-state index in [1.165, 1.54) is 6.33 Å². The molecule has 0 fully saturated rings. The number of hydrogen-bond donors (Lipinski definition) is 1. The highest BCUT2D eigenvalue weighted by atomic mass is 15.2. The second-order valence-electron chi connectivity index (χ2n) is 4.27. The Balaban J connectivity index is 1.99. The van der Waals surface area contributed by atoms with Gasteiger partial charge in [-0.15, -0.1) is 0 Å². The van der Waals surface area contributed by atoms with Crippen LogP contribution in [-0.4, -0.2) is 29.5 Å². The first-order valence-corrected chi connectivity index (χ1v) is 5.98. The molecule has 0 radical (unpaired) electrons. The lowest BCUT2D eigenvalue weighted by Crippen LogP contribution is -2.01. The van der Waals surface area contributed by atoms with Gasteiger partial charge in [0.25, 0.3) is 0 Å². The van der Waals surface area contributed by atoms with Crippen LogP contribution < -0.4 is 5.73 Å². The summed E-state index contributed by atoms with van der Waals surface area (Å²) in [5.41, 5.74) is 7.77. The summed E-state index contributed by atoms with van der Waals surface area (Å²) in [6.45, 7) is 0. The highest BCUT2D eigenvalue weighted by Gasteiger charge is 2.11. The van der Waals surface area contributed by atoms with Crippen LogP contribution in [0.4, 0.5) is 5.82 Å². The molecule has 0 aliphatic rings. The monoisotopic (exact) mass is 263 g/mol. The second kappa shape index (κ2) is 3.95. The predicted molar refractivity (Wildman–Crippen MR) is 74.2 cm³/mol. The van der Waals surface area contributed by atoms with Crippen LogP contribution in [0.15, 0.2) is 43.1 Å². The molecule has 0 amide bonds. The fraction of sp³-hybridized carbons (Fsp3) is 0. The summed E-state index contributed by atoms with van der Waals surface area (Å²) >= 11 is 0. The number of para-hydroxylation sites is 1. The Kier molecular flexibility index (Phi) is 2.13. The van der Waals surface area contributed by atoms with Crippen molar-refractivity contribution in [1.29, 1.82) is 0 Å². The third kappa shape index (κ3) is 1.50. The van der Waals surface area contributed by atoms with Gasteiger partial charge in [-0.05, 0) is 6.07 Å². The SMILES string of the molecule is Nc1ncnc2c1ncn2-c1ncc2ccccc2n1. The van der Waals surface area contributed by atoms with Gasteiger partial charge in [0.05, 0.1) is 5.52 Å². The van der Waals surface area contributed by atoms with Crippen molar-refractivity contribution in [2.24, 2.45) is 0 Å². The van der Waals surface area contributed by atoms with Gasteiger partial charge >= 0.3 is 0 Å². The highest BCUT2D eigenvalue weighted by molar-refractivity contribution is 5.83. The van der Waals surface area contributed by atoms with Gasteiger partial charge in [0.1, 0.15) is 12.7 Å². The van der Waals surface area contributed by atoms with E-state index in [4.69, 9.17) is 5.73 Å². The van der Waals surface area contributed by atoms with Crippen molar-refractivity contribution < 1.29 is 0 Å². The molecule has 0 aliphatic heterocycles. The van der Waals surface area contributed by atoms with Crippen LogP contribution in [0.5, 0.6) is 0 Å². The van der Waals surface area contributed by atoms with Gasteiger partial charge in [0.2, 0.25) is 5.95 Å². The normalized spacial score (nSPS) is 11.2. The molecule has 96 valence electrons. The molecule has 7 nitrogen and oxygen atoms in total. The number of aromatic nitrogens is 6. The number of fused-ring (bicyclic) bond motifs is 2. The third-order valence-electron chi connectivity index (χ3n) is 3.05. The lowest BCUT2D eigenvalue weighted by molar-refractivity contribution is 0.951. The van der Waals surface area contributed by atoms with E-state index in [-0.39, 0.29) is 0 Å². The number of hydrogen-bond acceptors (Lipinski definition) is 6. The van der Waals surface area contributed by atoms with Crippen molar-refractivity contribution in [2.75, 3.05) is 5.73 Å². The zero-order valence-electron chi connectivity index (χ0n) is 10.3. The average Bonchev–Trinajstić information content (AvgIpc) is 2.92. The second-order valence-corrected chi connectivity index (χ2v) is 4.27. The van der Waals surface area contributed by atoms with Crippen LogP contribution in [0.25, 0.3) is 28.0 Å². The maximum atomic E-state index is 5.77. The maximum absolute atomic E-state index is 5.77. The molecule has 0 saturated heterocycles. The first-order valence-electron chi connectivity index (χ1n) is 5.98. The lowest BCUT2D eigenvalue weighted by atomic mass is 10.2. The van der Waals surface area contributed by atoms with Crippen molar-refractivity contribution >= 4 is 27.9 Å². The molecule has 0 spiro atoms. The van der Waals surface area contributed by atoms with Crippen LogP contribution in [0.2, 0.25) is 0 Å². The number of nitrogen functional groups attached to an aromatic ring is 1. The molecule has 0 saturated carbocycles. The summed E-state index contributed by atoms with van der Waals surface area (Å²) in [5, 5.41) is 0.981. The van der Waals surface area contributed by atoms with Gasteiger partial charge in [-0.3, -0.25) is 4.57 Å². The zero-order valence-corrected chi connectivity index (χ0v) is 10.3. The Hall–Kier alpha value is -3.09. The predicted octanol–water partition coefficient (Wildman–Crippen LogP) is 1.34. The van der Waals surface area contributed by atoms with Crippen LogP contribution >= 0.6 is 0 Å². The fourth-order valence-electron chi connectivity index (χ4n) is 2.08. The number of nitrogens with two attached hydrogens (primary N) is 1. The third-order valence-corrected chi connectivity index (χ3v) is 3.05. The summed E-state index contributed by atoms with van der Waals surface area (Å²) in [4.78, 5) is 21.2. The van der Waals surface area contributed by atoms with E-state index < -0.39 is 0 Å². The van der Waals surface area contributed by atoms with Gasteiger partial charge in [-0.2, -0.15) is 0 Å². The molecule has 2 N–H and O–H groups in total. The molecular weight excluding hydrogens is 254 g/mol. The van der Waals surface area contributed by atoms with Crippen molar-refractivity contribution in [3.8, 4) is 5.95 Å². The molecule has 7 heteroatoms. The summed E-state index contributed by atoms with van der Waals surface area (Å²) in [6, 6.07) is 7.78. The van der Waals surface area contributed by atoms with Crippen molar-refractivity contribution in [2.45, 2.75) is 0 Å². The Morgan fingerprint density at radius 2 is 1.90 bits per heavy atom. The topological polar surface area (TPSA) is 95.4 Å². The van der Waals surface area contributed by atoms with E-state index in [1.807, 2.05) is 24.3 Å². The minimum Gasteiger partial charge on any atom is -0.382 e. The van der Waals surface area contributed by atoms with Crippen molar-refractivity contribution in [3.05, 3.63) is 43.1 Å². The van der Waals surface area contributed by atoms with Gasteiger partial charge in [-0.1, -0.05) is 18.2 Å². The van der Waals surface area contributed by atoms with Gasteiger partial charge in [-0.25, -0.2) is 24.9 Å². The van der Waals surface area contributed by atoms with Gasteiger partial charge in [0, 0.05) is 11.6 Å². The van der Waals surface area contributed by atoms with Crippen molar-refractivity contribution in [3.63, 3.8) is 0 Å².